The highest BCUT2D eigenvalue weighted by Gasteiger charge is 2.04. The SMILES string of the molecule is CCc1cc(=O)[nH]c(N/C(=C\C(C)=N)NCc2cccc(C)c2)n1. The minimum absolute atomic E-state index is 0.200. The molecule has 0 spiro atoms. The number of allylic oxidation sites excluding steroid dienone is 1. The molecule has 1 aromatic heterocycles. The zero-order valence-corrected chi connectivity index (χ0v) is 14.2. The molecule has 0 saturated carbocycles. The van der Waals surface area contributed by atoms with Gasteiger partial charge in [0.1, 0.15) is 5.82 Å². The summed E-state index contributed by atoms with van der Waals surface area (Å²) in [6, 6.07) is 9.67. The average Bonchev–Trinajstić information content (AvgIpc) is 2.51. The van der Waals surface area contributed by atoms with E-state index in [4.69, 9.17) is 5.41 Å². The van der Waals surface area contributed by atoms with Crippen LogP contribution in [0.3, 0.4) is 0 Å². The molecular weight excluding hydrogens is 302 g/mol. The van der Waals surface area contributed by atoms with Gasteiger partial charge in [0.2, 0.25) is 5.95 Å². The molecule has 6 heteroatoms. The van der Waals surface area contributed by atoms with Crippen LogP contribution in [0.5, 0.6) is 0 Å². The number of anilines is 1. The molecular formula is C18H23N5O. The van der Waals surface area contributed by atoms with Gasteiger partial charge in [-0.05, 0) is 31.9 Å². The predicted molar refractivity (Wildman–Crippen MR) is 97.4 cm³/mol. The van der Waals surface area contributed by atoms with Crippen LogP contribution in [-0.2, 0) is 13.0 Å². The molecule has 0 fully saturated rings. The van der Waals surface area contributed by atoms with Crippen LogP contribution in [0.1, 0.15) is 30.7 Å². The van der Waals surface area contributed by atoms with Crippen molar-refractivity contribution in [1.29, 1.82) is 5.41 Å². The van der Waals surface area contributed by atoms with Crippen LogP contribution in [-0.4, -0.2) is 15.7 Å². The summed E-state index contributed by atoms with van der Waals surface area (Å²) in [7, 11) is 0. The fraction of sp³-hybridized carbons (Fsp3) is 0.278. The summed E-state index contributed by atoms with van der Waals surface area (Å²) >= 11 is 0. The van der Waals surface area contributed by atoms with Crippen molar-refractivity contribution < 1.29 is 0 Å². The largest absolute Gasteiger partial charge is 0.367 e. The van der Waals surface area contributed by atoms with Crippen LogP contribution in [0.2, 0.25) is 0 Å². The zero-order chi connectivity index (χ0) is 17.5. The molecule has 6 nitrogen and oxygen atoms in total. The third-order valence-corrected chi connectivity index (χ3v) is 3.34. The van der Waals surface area contributed by atoms with Gasteiger partial charge in [-0.2, -0.15) is 0 Å². The number of aromatic nitrogens is 2. The maximum atomic E-state index is 11.7. The average molecular weight is 325 g/mol. The minimum atomic E-state index is -0.200. The third kappa shape index (κ3) is 5.39. The van der Waals surface area contributed by atoms with Crippen LogP contribution in [0, 0.1) is 12.3 Å². The fourth-order valence-corrected chi connectivity index (χ4v) is 2.24. The highest BCUT2D eigenvalue weighted by molar-refractivity contribution is 5.90. The lowest BCUT2D eigenvalue weighted by molar-refractivity contribution is 0.810. The molecule has 0 radical (unpaired) electrons. The molecule has 4 N–H and O–H groups in total. The van der Waals surface area contributed by atoms with E-state index in [1.54, 1.807) is 13.0 Å². The summed E-state index contributed by atoms with van der Waals surface area (Å²) in [5.41, 5.74) is 3.23. The van der Waals surface area contributed by atoms with Gasteiger partial charge in [-0.1, -0.05) is 36.8 Å². The molecule has 0 aliphatic rings. The second-order valence-electron chi connectivity index (χ2n) is 5.65. The van der Waals surface area contributed by atoms with E-state index >= 15 is 0 Å². The van der Waals surface area contributed by atoms with Crippen molar-refractivity contribution in [3.05, 3.63) is 69.4 Å². The van der Waals surface area contributed by atoms with E-state index in [1.807, 2.05) is 32.0 Å². The summed E-state index contributed by atoms with van der Waals surface area (Å²) in [6.45, 7) is 6.28. The Kier molecular flexibility index (Phi) is 5.89. The Morgan fingerprint density at radius 1 is 1.38 bits per heavy atom. The predicted octanol–water partition coefficient (Wildman–Crippen LogP) is 2.72. The van der Waals surface area contributed by atoms with Gasteiger partial charge >= 0.3 is 0 Å². The Morgan fingerprint density at radius 3 is 2.83 bits per heavy atom. The van der Waals surface area contributed by atoms with Crippen molar-refractivity contribution in [2.75, 3.05) is 5.32 Å². The molecule has 0 unspecified atom stereocenters. The number of benzene rings is 1. The van der Waals surface area contributed by atoms with Crippen molar-refractivity contribution in [2.24, 2.45) is 0 Å². The molecule has 126 valence electrons. The van der Waals surface area contributed by atoms with Crippen LogP contribution in [0.25, 0.3) is 0 Å². The number of aromatic amines is 1. The van der Waals surface area contributed by atoms with Crippen LogP contribution >= 0.6 is 0 Å². The maximum absolute atomic E-state index is 11.7. The van der Waals surface area contributed by atoms with Gasteiger partial charge < -0.3 is 16.0 Å². The molecule has 1 heterocycles. The van der Waals surface area contributed by atoms with E-state index in [9.17, 15) is 4.79 Å². The van der Waals surface area contributed by atoms with Gasteiger partial charge in [-0.15, -0.1) is 0 Å². The fourth-order valence-electron chi connectivity index (χ4n) is 2.24. The van der Waals surface area contributed by atoms with E-state index in [0.717, 1.165) is 5.56 Å². The Labute approximate surface area is 141 Å². The van der Waals surface area contributed by atoms with E-state index in [1.165, 1.54) is 11.6 Å². The van der Waals surface area contributed by atoms with Crippen LogP contribution in [0.4, 0.5) is 5.95 Å². The van der Waals surface area contributed by atoms with Gasteiger partial charge in [0.15, 0.2) is 0 Å². The maximum Gasteiger partial charge on any atom is 0.252 e. The first kappa shape index (κ1) is 17.5. The van der Waals surface area contributed by atoms with Gasteiger partial charge in [-0.3, -0.25) is 9.78 Å². The Balaban J connectivity index is 2.16. The third-order valence-electron chi connectivity index (χ3n) is 3.34. The molecule has 1 aromatic carbocycles. The van der Waals surface area contributed by atoms with E-state index < -0.39 is 0 Å². The number of H-pyrrole nitrogens is 1. The molecule has 2 aromatic rings. The van der Waals surface area contributed by atoms with E-state index in [0.29, 0.717) is 36.1 Å². The van der Waals surface area contributed by atoms with Crippen molar-refractivity contribution in [3.8, 4) is 0 Å². The summed E-state index contributed by atoms with van der Waals surface area (Å²) < 4.78 is 0. The first-order chi connectivity index (χ1) is 11.5. The second kappa shape index (κ2) is 8.10. The normalized spacial score (nSPS) is 11.2. The minimum Gasteiger partial charge on any atom is -0.367 e. The molecule has 0 atom stereocenters. The number of rotatable bonds is 7. The smallest absolute Gasteiger partial charge is 0.252 e. The summed E-state index contributed by atoms with van der Waals surface area (Å²) in [5.74, 6) is 0.976. The van der Waals surface area contributed by atoms with Crippen LogP contribution in [0.15, 0.2) is 47.0 Å². The molecule has 24 heavy (non-hydrogen) atoms. The monoisotopic (exact) mass is 325 g/mol. The highest BCUT2D eigenvalue weighted by atomic mass is 16.1. The topological polar surface area (TPSA) is 93.7 Å². The molecule has 0 saturated heterocycles. The zero-order valence-electron chi connectivity index (χ0n) is 14.2. The number of hydrogen-bond donors (Lipinski definition) is 4. The van der Waals surface area contributed by atoms with Gasteiger partial charge in [0, 0.05) is 24.0 Å². The standard InChI is InChI=1S/C18H23N5O/c1-4-15-10-17(24)23-18(21-15)22-16(9-13(3)19)20-11-14-7-5-6-12(2)8-14/h5-10,19-20H,4,11H2,1-3H3,(H2,21,22,23,24)/b16-9-,19-13?. The van der Waals surface area contributed by atoms with Crippen molar-refractivity contribution >= 4 is 11.7 Å². The first-order valence-corrected chi connectivity index (χ1v) is 7.90. The molecule has 0 aliphatic carbocycles. The molecule has 0 bridgehead atoms. The lowest BCUT2D eigenvalue weighted by Gasteiger charge is -2.14. The quantitative estimate of drug-likeness (QED) is 0.589. The Hall–Kier alpha value is -2.89. The van der Waals surface area contributed by atoms with Crippen molar-refractivity contribution in [3.63, 3.8) is 0 Å². The Bertz CT molecular complexity index is 807. The van der Waals surface area contributed by atoms with Crippen molar-refractivity contribution in [1.82, 2.24) is 15.3 Å². The summed E-state index contributed by atoms with van der Waals surface area (Å²) in [4.78, 5) is 18.7. The van der Waals surface area contributed by atoms with Gasteiger partial charge in [0.25, 0.3) is 5.56 Å². The number of nitrogens with zero attached hydrogens (tertiary/aromatic N) is 1. The highest BCUT2D eigenvalue weighted by Crippen LogP contribution is 2.06. The second-order valence-corrected chi connectivity index (χ2v) is 5.65. The van der Waals surface area contributed by atoms with E-state index in [2.05, 4.69) is 26.7 Å². The first-order valence-electron chi connectivity index (χ1n) is 7.90. The van der Waals surface area contributed by atoms with E-state index in [-0.39, 0.29) is 5.56 Å². The lowest BCUT2D eigenvalue weighted by atomic mass is 10.1. The number of hydrogen-bond acceptors (Lipinski definition) is 5. The number of aryl methyl sites for hydroxylation is 2. The van der Waals surface area contributed by atoms with Gasteiger partial charge in [0.05, 0.1) is 0 Å². The molecule has 2 rings (SSSR count). The molecule has 0 aliphatic heterocycles. The Morgan fingerprint density at radius 2 is 2.17 bits per heavy atom. The summed E-state index contributed by atoms with van der Waals surface area (Å²) in [6.07, 6.45) is 2.34. The van der Waals surface area contributed by atoms with Crippen molar-refractivity contribution in [2.45, 2.75) is 33.7 Å². The van der Waals surface area contributed by atoms with Crippen LogP contribution < -0.4 is 16.2 Å². The number of nitrogens with one attached hydrogen (secondary N) is 4. The molecule has 0 amide bonds. The summed E-state index contributed by atoms with van der Waals surface area (Å²) in [5, 5.41) is 14.0. The lowest BCUT2D eigenvalue weighted by Crippen LogP contribution is -2.23. The van der Waals surface area contributed by atoms with Gasteiger partial charge in [-0.25, -0.2) is 4.98 Å².